The molecule has 1 amide bonds. The number of halogens is 1. The summed E-state index contributed by atoms with van der Waals surface area (Å²) in [6.07, 6.45) is 0.897. The number of carbonyl (C=O) groups excluding carboxylic acids is 1. The number of nitrogens with zero attached hydrogens (tertiary/aromatic N) is 1. The number of ether oxygens (including phenoxy) is 1. The van der Waals surface area contributed by atoms with Crippen LogP contribution in [0.3, 0.4) is 0 Å². The van der Waals surface area contributed by atoms with Gasteiger partial charge in [-0.3, -0.25) is 4.79 Å². The highest BCUT2D eigenvalue weighted by atomic mass is 35.5. The zero-order valence-corrected chi connectivity index (χ0v) is 16.6. The number of hydrogen-bond acceptors (Lipinski definition) is 3. The quantitative estimate of drug-likeness (QED) is 0.661. The molecule has 2 heterocycles. The maximum atomic E-state index is 13.0. The van der Waals surface area contributed by atoms with Crippen LogP contribution in [0, 0.1) is 0 Å². The SMILES string of the molecule is COc1ccc2cc(C(=O)N3CCS[C@@H](c4ccccc4Cl)CC3)[nH]c2c1. The van der Waals surface area contributed by atoms with Crippen LogP contribution in [0.4, 0.5) is 0 Å². The Hall–Kier alpha value is -2.11. The van der Waals surface area contributed by atoms with Gasteiger partial charge in [-0.2, -0.15) is 11.8 Å². The van der Waals surface area contributed by atoms with Crippen LogP contribution >= 0.6 is 23.4 Å². The molecular weight excluding hydrogens is 380 g/mol. The van der Waals surface area contributed by atoms with E-state index in [1.165, 1.54) is 0 Å². The molecule has 27 heavy (non-hydrogen) atoms. The van der Waals surface area contributed by atoms with Crippen molar-refractivity contribution >= 4 is 40.2 Å². The molecule has 4 rings (SSSR count). The van der Waals surface area contributed by atoms with Crippen molar-refractivity contribution in [2.24, 2.45) is 0 Å². The molecular formula is C21H21ClN2O2S. The Kier molecular flexibility index (Phi) is 5.32. The molecule has 0 saturated carbocycles. The van der Waals surface area contributed by atoms with E-state index in [0.29, 0.717) is 10.9 Å². The molecule has 1 aromatic heterocycles. The first-order chi connectivity index (χ1) is 13.2. The van der Waals surface area contributed by atoms with Gasteiger partial charge in [0.25, 0.3) is 5.91 Å². The predicted molar refractivity (Wildman–Crippen MR) is 112 cm³/mol. The Balaban J connectivity index is 1.50. The smallest absolute Gasteiger partial charge is 0.270 e. The molecule has 4 nitrogen and oxygen atoms in total. The molecule has 1 N–H and O–H groups in total. The summed E-state index contributed by atoms with van der Waals surface area (Å²) in [5.74, 6) is 1.72. The highest BCUT2D eigenvalue weighted by Gasteiger charge is 2.24. The van der Waals surface area contributed by atoms with Crippen LogP contribution in [0.1, 0.15) is 27.7 Å². The standard InChI is InChI=1S/C21H21ClN2O2S/c1-26-15-7-6-14-12-19(23-18(14)13-15)21(25)24-9-8-20(27-11-10-24)16-4-2-3-5-17(16)22/h2-7,12-13,20,23H,8-11H2,1H3/t20-/m1/s1. The normalized spacial score (nSPS) is 17.7. The van der Waals surface area contributed by atoms with Crippen molar-refractivity contribution in [3.63, 3.8) is 0 Å². The van der Waals surface area contributed by atoms with Gasteiger partial charge in [0.2, 0.25) is 0 Å². The van der Waals surface area contributed by atoms with Gasteiger partial charge in [0.05, 0.1) is 7.11 Å². The van der Waals surface area contributed by atoms with Gasteiger partial charge in [0, 0.05) is 46.1 Å². The molecule has 1 aliphatic rings. The molecule has 0 unspecified atom stereocenters. The van der Waals surface area contributed by atoms with Crippen molar-refractivity contribution in [3.05, 3.63) is 64.8 Å². The number of hydrogen-bond donors (Lipinski definition) is 1. The highest BCUT2D eigenvalue weighted by Crippen LogP contribution is 2.38. The number of benzene rings is 2. The van der Waals surface area contributed by atoms with Gasteiger partial charge in [-0.25, -0.2) is 0 Å². The van der Waals surface area contributed by atoms with E-state index in [0.717, 1.165) is 52.5 Å². The van der Waals surface area contributed by atoms with E-state index in [-0.39, 0.29) is 5.91 Å². The maximum absolute atomic E-state index is 13.0. The van der Waals surface area contributed by atoms with Crippen LogP contribution in [-0.4, -0.2) is 41.7 Å². The average molecular weight is 401 g/mol. The molecule has 140 valence electrons. The fourth-order valence-electron chi connectivity index (χ4n) is 3.48. The van der Waals surface area contributed by atoms with Crippen LogP contribution in [0.5, 0.6) is 5.75 Å². The summed E-state index contributed by atoms with van der Waals surface area (Å²) in [6, 6.07) is 15.7. The summed E-state index contributed by atoms with van der Waals surface area (Å²) in [5.41, 5.74) is 2.70. The first kappa shape index (κ1) is 18.3. The van der Waals surface area contributed by atoms with Crippen LogP contribution in [0.15, 0.2) is 48.5 Å². The van der Waals surface area contributed by atoms with Crippen molar-refractivity contribution in [2.45, 2.75) is 11.7 Å². The number of amides is 1. The number of aromatic nitrogens is 1. The van der Waals surface area contributed by atoms with E-state index in [1.807, 2.05) is 59.1 Å². The summed E-state index contributed by atoms with van der Waals surface area (Å²) in [4.78, 5) is 18.2. The zero-order valence-electron chi connectivity index (χ0n) is 15.1. The summed E-state index contributed by atoms with van der Waals surface area (Å²) in [7, 11) is 1.64. The lowest BCUT2D eigenvalue weighted by molar-refractivity contribution is 0.0761. The van der Waals surface area contributed by atoms with Crippen molar-refractivity contribution in [3.8, 4) is 5.75 Å². The van der Waals surface area contributed by atoms with Crippen molar-refractivity contribution in [1.82, 2.24) is 9.88 Å². The Morgan fingerprint density at radius 2 is 2.07 bits per heavy atom. The van der Waals surface area contributed by atoms with Crippen LogP contribution in [-0.2, 0) is 0 Å². The fraction of sp³-hybridized carbons (Fsp3) is 0.286. The van der Waals surface area contributed by atoms with Crippen LogP contribution in [0.2, 0.25) is 5.02 Å². The first-order valence-corrected chi connectivity index (χ1v) is 10.4. The highest BCUT2D eigenvalue weighted by molar-refractivity contribution is 7.99. The van der Waals surface area contributed by atoms with Gasteiger partial charge in [0.1, 0.15) is 11.4 Å². The average Bonchev–Trinajstić information content (AvgIpc) is 2.96. The minimum atomic E-state index is 0.0468. The largest absolute Gasteiger partial charge is 0.497 e. The lowest BCUT2D eigenvalue weighted by Crippen LogP contribution is -2.33. The third-order valence-electron chi connectivity index (χ3n) is 4.94. The van der Waals surface area contributed by atoms with E-state index in [1.54, 1.807) is 7.11 Å². The minimum absolute atomic E-state index is 0.0468. The fourth-order valence-corrected chi connectivity index (χ4v) is 5.08. The first-order valence-electron chi connectivity index (χ1n) is 8.98. The molecule has 1 aliphatic heterocycles. The minimum Gasteiger partial charge on any atom is -0.497 e. The van der Waals surface area contributed by atoms with Crippen molar-refractivity contribution in [1.29, 1.82) is 0 Å². The molecule has 6 heteroatoms. The van der Waals surface area contributed by atoms with E-state index in [9.17, 15) is 4.79 Å². The van der Waals surface area contributed by atoms with Gasteiger partial charge in [-0.1, -0.05) is 29.8 Å². The third kappa shape index (κ3) is 3.80. The molecule has 2 aromatic carbocycles. The van der Waals surface area contributed by atoms with Crippen molar-refractivity contribution in [2.75, 3.05) is 26.0 Å². The monoisotopic (exact) mass is 400 g/mol. The van der Waals surface area contributed by atoms with E-state index in [4.69, 9.17) is 16.3 Å². The van der Waals surface area contributed by atoms with Gasteiger partial charge in [0.15, 0.2) is 0 Å². The lowest BCUT2D eigenvalue weighted by Gasteiger charge is -2.19. The second kappa shape index (κ2) is 7.87. The Morgan fingerprint density at radius 3 is 2.89 bits per heavy atom. The number of aromatic amines is 1. The van der Waals surface area contributed by atoms with Gasteiger partial charge >= 0.3 is 0 Å². The van der Waals surface area contributed by atoms with E-state index < -0.39 is 0 Å². The molecule has 1 atom stereocenters. The van der Waals surface area contributed by atoms with Gasteiger partial charge in [-0.05, 0) is 36.2 Å². The van der Waals surface area contributed by atoms with Gasteiger partial charge < -0.3 is 14.6 Å². The predicted octanol–water partition coefficient (Wildman–Crippen LogP) is 5.15. The molecule has 0 radical (unpaired) electrons. The maximum Gasteiger partial charge on any atom is 0.270 e. The second-order valence-corrected chi connectivity index (χ2v) is 8.32. The molecule has 3 aromatic rings. The van der Waals surface area contributed by atoms with Crippen LogP contribution in [0.25, 0.3) is 10.9 Å². The molecule has 0 aliphatic carbocycles. The van der Waals surface area contributed by atoms with Crippen molar-refractivity contribution < 1.29 is 9.53 Å². The molecule has 0 spiro atoms. The lowest BCUT2D eigenvalue weighted by atomic mass is 10.1. The molecule has 0 bridgehead atoms. The number of methoxy groups -OCH3 is 1. The zero-order chi connectivity index (χ0) is 18.8. The second-order valence-electron chi connectivity index (χ2n) is 6.60. The van der Waals surface area contributed by atoms with Gasteiger partial charge in [-0.15, -0.1) is 0 Å². The summed E-state index contributed by atoms with van der Waals surface area (Å²) < 4.78 is 5.26. The Morgan fingerprint density at radius 1 is 1.22 bits per heavy atom. The molecule has 1 saturated heterocycles. The van der Waals surface area contributed by atoms with Crippen LogP contribution < -0.4 is 4.74 Å². The number of carbonyl (C=O) groups is 1. The third-order valence-corrected chi connectivity index (χ3v) is 6.60. The summed E-state index contributed by atoms with van der Waals surface area (Å²) >= 11 is 8.24. The Labute approximate surface area is 167 Å². The molecule has 1 fully saturated rings. The number of rotatable bonds is 3. The number of H-pyrrole nitrogens is 1. The number of nitrogens with one attached hydrogen (secondary N) is 1. The van der Waals surface area contributed by atoms with E-state index in [2.05, 4.69) is 11.1 Å². The summed E-state index contributed by atoms with van der Waals surface area (Å²) in [5, 5.41) is 2.14. The number of fused-ring (bicyclic) bond motifs is 1. The number of thioether (sulfide) groups is 1. The topological polar surface area (TPSA) is 45.3 Å². The van der Waals surface area contributed by atoms with E-state index >= 15 is 0 Å². The Bertz CT molecular complexity index is 972. The summed E-state index contributed by atoms with van der Waals surface area (Å²) in [6.45, 7) is 1.46.